The highest BCUT2D eigenvalue weighted by atomic mass is 16.6. The van der Waals surface area contributed by atoms with Gasteiger partial charge in [0.15, 0.2) is 0 Å². The van der Waals surface area contributed by atoms with Gasteiger partial charge in [0, 0.05) is 50.1 Å². The minimum absolute atomic E-state index is 0.0491. The molecule has 0 unspecified atom stereocenters. The average Bonchev–Trinajstić information content (AvgIpc) is 3.43. The van der Waals surface area contributed by atoms with Crippen molar-refractivity contribution in [3.8, 4) is 0 Å². The van der Waals surface area contributed by atoms with Crippen molar-refractivity contribution in [1.29, 1.82) is 0 Å². The number of likely N-dealkylation sites (tertiary alicyclic amines) is 1. The van der Waals surface area contributed by atoms with Gasteiger partial charge in [-0.25, -0.2) is 4.79 Å². The summed E-state index contributed by atoms with van der Waals surface area (Å²) in [5.74, 6) is -0.0491. The number of piperidine rings is 1. The molecule has 0 atom stereocenters. The average molecular weight is 451 g/mol. The Morgan fingerprint density at radius 1 is 1.03 bits per heavy atom. The van der Waals surface area contributed by atoms with Crippen LogP contribution >= 0.6 is 0 Å². The van der Waals surface area contributed by atoms with Crippen LogP contribution in [0.3, 0.4) is 0 Å². The van der Waals surface area contributed by atoms with Crippen LogP contribution in [-0.4, -0.2) is 51.3 Å². The summed E-state index contributed by atoms with van der Waals surface area (Å²) in [7, 11) is 0. The molecular weight excluding hydrogens is 416 g/mol. The van der Waals surface area contributed by atoms with Crippen LogP contribution in [0.5, 0.6) is 0 Å². The summed E-state index contributed by atoms with van der Waals surface area (Å²) >= 11 is 0. The molecular formula is C26H34N4O3. The van der Waals surface area contributed by atoms with Gasteiger partial charge in [0.2, 0.25) is 0 Å². The van der Waals surface area contributed by atoms with Gasteiger partial charge in [-0.15, -0.1) is 0 Å². The second kappa shape index (κ2) is 9.73. The van der Waals surface area contributed by atoms with Crippen LogP contribution in [0, 0.1) is 0 Å². The number of amides is 2. The molecule has 0 radical (unpaired) electrons. The summed E-state index contributed by atoms with van der Waals surface area (Å²) in [6.45, 7) is 8.37. The van der Waals surface area contributed by atoms with Gasteiger partial charge in [-0.05, 0) is 69.7 Å². The Kier molecular flexibility index (Phi) is 6.77. The second-order valence-electron chi connectivity index (χ2n) is 9.68. The maximum Gasteiger partial charge on any atom is 0.410 e. The lowest BCUT2D eigenvalue weighted by Crippen LogP contribution is -2.42. The Morgan fingerprint density at radius 2 is 1.79 bits per heavy atom. The van der Waals surface area contributed by atoms with Crippen LogP contribution in [0.4, 0.5) is 4.79 Å². The number of nitrogens with one attached hydrogen (secondary N) is 1. The van der Waals surface area contributed by atoms with Crippen LogP contribution in [-0.2, 0) is 11.3 Å². The first kappa shape index (κ1) is 23.0. The Bertz CT molecular complexity index is 1100. The van der Waals surface area contributed by atoms with E-state index < -0.39 is 5.60 Å². The normalized spacial score (nSPS) is 15.1. The fraction of sp³-hybridized carbons (Fsp3) is 0.462. The van der Waals surface area contributed by atoms with Crippen LogP contribution in [0.1, 0.15) is 56.6 Å². The summed E-state index contributed by atoms with van der Waals surface area (Å²) in [6, 6.07) is 14.4. The minimum Gasteiger partial charge on any atom is -0.444 e. The lowest BCUT2D eigenvalue weighted by molar-refractivity contribution is 0.0187. The molecule has 1 fully saturated rings. The number of ether oxygens (including phenoxy) is 1. The molecule has 0 aliphatic carbocycles. The fourth-order valence-electron chi connectivity index (χ4n) is 4.44. The van der Waals surface area contributed by atoms with E-state index in [1.165, 1.54) is 10.9 Å². The number of nitrogens with zero attached hydrogens (tertiary/aromatic N) is 3. The number of hydrogen-bond acceptors (Lipinski definition) is 3. The minimum atomic E-state index is -0.492. The van der Waals surface area contributed by atoms with E-state index >= 15 is 0 Å². The smallest absolute Gasteiger partial charge is 0.410 e. The SMILES string of the molecule is CC(C)(C)OC(=O)N1CCC(n2cccc2C(=O)NCCCn2ccc3ccccc32)CC1. The van der Waals surface area contributed by atoms with Crippen LogP contribution < -0.4 is 5.32 Å². The third-order valence-corrected chi connectivity index (χ3v) is 6.06. The van der Waals surface area contributed by atoms with Crippen LogP contribution in [0.2, 0.25) is 0 Å². The number of carbonyl (C=O) groups excluding carboxylic acids is 2. The molecule has 1 aliphatic heterocycles. The van der Waals surface area contributed by atoms with E-state index in [1.54, 1.807) is 4.90 Å². The van der Waals surface area contributed by atoms with Crippen LogP contribution in [0.15, 0.2) is 54.9 Å². The molecule has 4 rings (SSSR count). The predicted octanol–water partition coefficient (Wildman–Crippen LogP) is 4.83. The van der Waals surface area contributed by atoms with Gasteiger partial charge in [0.1, 0.15) is 11.3 Å². The summed E-state index contributed by atoms with van der Waals surface area (Å²) in [6.07, 6.45) is 6.26. The molecule has 7 nitrogen and oxygen atoms in total. The molecule has 1 aromatic carbocycles. The van der Waals surface area contributed by atoms with E-state index in [4.69, 9.17) is 4.74 Å². The van der Waals surface area contributed by atoms with Gasteiger partial charge in [-0.3, -0.25) is 4.79 Å². The third kappa shape index (κ3) is 5.59. The maximum absolute atomic E-state index is 12.8. The van der Waals surface area contributed by atoms with E-state index in [0.717, 1.165) is 25.8 Å². The van der Waals surface area contributed by atoms with Crippen molar-refractivity contribution in [1.82, 2.24) is 19.4 Å². The highest BCUT2D eigenvalue weighted by Crippen LogP contribution is 2.26. The van der Waals surface area contributed by atoms with Gasteiger partial charge >= 0.3 is 6.09 Å². The number of para-hydroxylation sites is 1. The van der Waals surface area contributed by atoms with Crippen molar-refractivity contribution in [2.24, 2.45) is 0 Å². The number of hydrogen-bond donors (Lipinski definition) is 1. The first-order valence-electron chi connectivity index (χ1n) is 11.8. The molecule has 1 aliphatic rings. The number of benzene rings is 1. The highest BCUT2D eigenvalue weighted by molar-refractivity contribution is 5.92. The zero-order valence-corrected chi connectivity index (χ0v) is 19.8. The van der Waals surface area contributed by atoms with E-state index in [0.29, 0.717) is 25.3 Å². The molecule has 2 aromatic heterocycles. The molecule has 7 heteroatoms. The van der Waals surface area contributed by atoms with Crippen LogP contribution in [0.25, 0.3) is 10.9 Å². The zero-order valence-electron chi connectivity index (χ0n) is 19.8. The molecule has 1 N–H and O–H groups in total. The predicted molar refractivity (Wildman–Crippen MR) is 129 cm³/mol. The van der Waals surface area contributed by atoms with Crippen molar-refractivity contribution < 1.29 is 14.3 Å². The molecule has 2 amide bonds. The summed E-state index contributed by atoms with van der Waals surface area (Å²) < 4.78 is 9.77. The quantitative estimate of drug-likeness (QED) is 0.547. The second-order valence-corrected chi connectivity index (χ2v) is 9.68. The molecule has 0 spiro atoms. The third-order valence-electron chi connectivity index (χ3n) is 6.06. The van der Waals surface area contributed by atoms with E-state index in [9.17, 15) is 9.59 Å². The zero-order chi connectivity index (χ0) is 23.4. The Morgan fingerprint density at radius 3 is 2.55 bits per heavy atom. The highest BCUT2D eigenvalue weighted by Gasteiger charge is 2.28. The van der Waals surface area contributed by atoms with Crippen molar-refractivity contribution in [2.75, 3.05) is 19.6 Å². The molecule has 3 heterocycles. The van der Waals surface area contributed by atoms with Crippen molar-refractivity contribution >= 4 is 22.9 Å². The monoisotopic (exact) mass is 450 g/mol. The molecule has 3 aromatic rings. The van der Waals surface area contributed by atoms with Gasteiger partial charge in [0.05, 0.1) is 0 Å². The molecule has 0 saturated carbocycles. The summed E-state index contributed by atoms with van der Waals surface area (Å²) in [5.41, 5.74) is 1.40. The maximum atomic E-state index is 12.8. The Hall–Kier alpha value is -3.22. The van der Waals surface area contributed by atoms with Gasteiger partial charge in [0.25, 0.3) is 5.91 Å². The molecule has 1 saturated heterocycles. The Balaban J connectivity index is 1.27. The molecule has 0 bridgehead atoms. The van der Waals surface area contributed by atoms with Gasteiger partial charge in [-0.1, -0.05) is 18.2 Å². The van der Waals surface area contributed by atoms with Crippen molar-refractivity contribution in [3.05, 3.63) is 60.6 Å². The summed E-state index contributed by atoms with van der Waals surface area (Å²) in [4.78, 5) is 26.9. The van der Waals surface area contributed by atoms with E-state index in [1.807, 2.05) is 51.2 Å². The number of aryl methyl sites for hydroxylation is 1. The van der Waals surface area contributed by atoms with Crippen molar-refractivity contribution in [2.45, 2.75) is 58.2 Å². The first-order valence-corrected chi connectivity index (χ1v) is 11.8. The molecule has 33 heavy (non-hydrogen) atoms. The van der Waals surface area contributed by atoms with Gasteiger partial charge in [-0.2, -0.15) is 0 Å². The largest absolute Gasteiger partial charge is 0.444 e. The first-order chi connectivity index (χ1) is 15.8. The lowest BCUT2D eigenvalue weighted by Gasteiger charge is -2.34. The van der Waals surface area contributed by atoms with Gasteiger partial charge < -0.3 is 24.1 Å². The van der Waals surface area contributed by atoms with E-state index in [-0.39, 0.29) is 18.0 Å². The topological polar surface area (TPSA) is 68.5 Å². The molecule has 176 valence electrons. The van der Waals surface area contributed by atoms with Crippen molar-refractivity contribution in [3.63, 3.8) is 0 Å². The van der Waals surface area contributed by atoms with E-state index in [2.05, 4.69) is 38.8 Å². The standard InChI is InChI=1S/C26H34N4O3/c1-26(2,3)33-25(32)29-18-12-21(13-19-29)30-16-6-10-23(30)24(31)27-14-7-15-28-17-11-20-8-4-5-9-22(20)28/h4-6,8-11,16-17,21H,7,12-15,18-19H2,1-3H3,(H,27,31). The Labute approximate surface area is 195 Å². The number of rotatable bonds is 6. The summed E-state index contributed by atoms with van der Waals surface area (Å²) in [5, 5.41) is 4.30. The number of carbonyl (C=O) groups is 2. The number of fused-ring (bicyclic) bond motifs is 1. The lowest BCUT2D eigenvalue weighted by atomic mass is 10.0. The fourth-order valence-corrected chi connectivity index (χ4v) is 4.44. The number of aromatic nitrogens is 2.